The highest BCUT2D eigenvalue weighted by atomic mass is 16.6. The Morgan fingerprint density at radius 3 is 2.33 bits per heavy atom. The number of nitro groups is 1. The highest BCUT2D eigenvalue weighted by molar-refractivity contribution is 6.00. The number of hydrogen-bond acceptors (Lipinski definition) is 6. The molecule has 0 heterocycles. The molecule has 0 fully saturated rings. The maximum Gasteiger partial charge on any atom is 0.304 e. The molecule has 21 heavy (non-hydrogen) atoms. The summed E-state index contributed by atoms with van der Waals surface area (Å²) in [4.78, 5) is 24.4. The van der Waals surface area contributed by atoms with Crippen LogP contribution in [0.25, 0.3) is 0 Å². The topological polar surface area (TPSA) is 108 Å². The van der Waals surface area contributed by atoms with Crippen LogP contribution in [0.15, 0.2) is 18.2 Å². The van der Waals surface area contributed by atoms with E-state index >= 15 is 0 Å². The van der Waals surface area contributed by atoms with E-state index in [1.165, 1.54) is 37.3 Å². The van der Waals surface area contributed by atoms with Crippen molar-refractivity contribution >= 4 is 17.3 Å². The first-order valence-electron chi connectivity index (χ1n) is 6.33. The van der Waals surface area contributed by atoms with Crippen molar-refractivity contribution in [3.8, 4) is 0 Å². The average Bonchev–Trinajstić information content (AvgIpc) is 2.46. The standard InChI is InChI=1S/C13H19N3O5/c1-20-8-6-15(7-9-21-2)13(17)10-4-3-5-11(14)12(10)16(18)19/h3-5H,6-9,14H2,1-2H3. The van der Waals surface area contributed by atoms with Crippen molar-refractivity contribution in [3.63, 3.8) is 0 Å². The lowest BCUT2D eigenvalue weighted by Crippen LogP contribution is -2.36. The zero-order valence-corrected chi connectivity index (χ0v) is 12.1. The van der Waals surface area contributed by atoms with Crippen molar-refractivity contribution in [2.45, 2.75) is 0 Å². The van der Waals surface area contributed by atoms with Crippen LogP contribution in [0.1, 0.15) is 10.4 Å². The van der Waals surface area contributed by atoms with Crippen LogP contribution in [0.4, 0.5) is 11.4 Å². The maximum atomic E-state index is 12.5. The summed E-state index contributed by atoms with van der Waals surface area (Å²) in [6.45, 7) is 1.27. The largest absolute Gasteiger partial charge is 0.393 e. The van der Waals surface area contributed by atoms with Gasteiger partial charge in [0.15, 0.2) is 0 Å². The molecule has 2 N–H and O–H groups in total. The van der Waals surface area contributed by atoms with Gasteiger partial charge in [0.05, 0.1) is 18.1 Å². The Bertz CT molecular complexity index is 499. The second-order valence-electron chi connectivity index (χ2n) is 4.28. The molecule has 116 valence electrons. The number of nitrogen functional groups attached to an aromatic ring is 1. The number of benzene rings is 1. The maximum absolute atomic E-state index is 12.5. The van der Waals surface area contributed by atoms with E-state index in [2.05, 4.69) is 0 Å². The molecule has 0 spiro atoms. The molecule has 1 rings (SSSR count). The predicted molar refractivity (Wildman–Crippen MR) is 77.2 cm³/mol. The lowest BCUT2D eigenvalue weighted by Gasteiger charge is -2.22. The van der Waals surface area contributed by atoms with Gasteiger partial charge in [-0.15, -0.1) is 0 Å². The lowest BCUT2D eigenvalue weighted by molar-refractivity contribution is -0.384. The molecule has 0 aliphatic rings. The molecule has 8 nitrogen and oxygen atoms in total. The van der Waals surface area contributed by atoms with E-state index in [-0.39, 0.29) is 16.9 Å². The minimum atomic E-state index is -0.645. The molecule has 0 aromatic heterocycles. The number of amides is 1. The first-order valence-corrected chi connectivity index (χ1v) is 6.33. The molecular formula is C13H19N3O5. The lowest BCUT2D eigenvalue weighted by atomic mass is 10.1. The van der Waals surface area contributed by atoms with E-state index in [1.54, 1.807) is 0 Å². The third-order valence-electron chi connectivity index (χ3n) is 2.90. The summed E-state index contributed by atoms with van der Waals surface area (Å²) in [6, 6.07) is 4.30. The van der Waals surface area contributed by atoms with Crippen LogP contribution >= 0.6 is 0 Å². The number of methoxy groups -OCH3 is 2. The van der Waals surface area contributed by atoms with Gasteiger partial charge in [-0.2, -0.15) is 0 Å². The van der Waals surface area contributed by atoms with E-state index in [4.69, 9.17) is 15.2 Å². The molecule has 1 aromatic rings. The zero-order valence-electron chi connectivity index (χ0n) is 12.1. The molecule has 1 amide bonds. The molecule has 0 unspecified atom stereocenters. The van der Waals surface area contributed by atoms with E-state index in [1.807, 2.05) is 0 Å². The van der Waals surface area contributed by atoms with Gasteiger partial charge < -0.3 is 20.1 Å². The predicted octanol–water partition coefficient (Wildman–Crippen LogP) is 0.912. The number of nitrogens with two attached hydrogens (primary N) is 1. The Morgan fingerprint density at radius 2 is 1.86 bits per heavy atom. The van der Waals surface area contributed by atoms with Crippen LogP contribution in [0, 0.1) is 10.1 Å². The van der Waals surface area contributed by atoms with Gasteiger partial charge in [0.1, 0.15) is 11.3 Å². The summed E-state index contributed by atoms with van der Waals surface area (Å²) in [5.74, 6) is -0.469. The molecule has 0 aliphatic carbocycles. The molecule has 0 bridgehead atoms. The number of rotatable bonds is 8. The van der Waals surface area contributed by atoms with Gasteiger partial charge in [-0.1, -0.05) is 6.07 Å². The number of ether oxygens (including phenoxy) is 2. The Balaban J connectivity index is 3.07. The van der Waals surface area contributed by atoms with Crippen LogP contribution in [0.5, 0.6) is 0 Å². The second-order valence-corrected chi connectivity index (χ2v) is 4.28. The highest BCUT2D eigenvalue weighted by Crippen LogP contribution is 2.26. The molecule has 0 radical (unpaired) electrons. The molecule has 0 atom stereocenters. The van der Waals surface area contributed by atoms with E-state index in [0.717, 1.165) is 0 Å². The van der Waals surface area contributed by atoms with Gasteiger partial charge in [0, 0.05) is 27.3 Å². The van der Waals surface area contributed by atoms with Gasteiger partial charge in [-0.05, 0) is 12.1 Å². The number of nitrogens with zero attached hydrogens (tertiary/aromatic N) is 2. The first-order chi connectivity index (χ1) is 10.0. The fraction of sp³-hybridized carbons (Fsp3) is 0.462. The summed E-state index contributed by atoms with van der Waals surface area (Å²) in [5.41, 5.74) is 5.15. The van der Waals surface area contributed by atoms with Crippen LogP contribution in [0.2, 0.25) is 0 Å². The molecule has 0 saturated carbocycles. The molecule has 0 aliphatic heterocycles. The molecule has 8 heteroatoms. The number of carbonyl (C=O) groups excluding carboxylic acids is 1. The number of anilines is 1. The van der Waals surface area contributed by atoms with Crippen LogP contribution in [-0.4, -0.2) is 56.3 Å². The monoisotopic (exact) mass is 297 g/mol. The van der Waals surface area contributed by atoms with Crippen LogP contribution < -0.4 is 5.73 Å². The number of hydrogen-bond donors (Lipinski definition) is 1. The number of nitro benzene ring substituents is 1. The minimum absolute atomic E-state index is 0.0350. The Kier molecular flexibility index (Phi) is 6.57. The number of para-hydroxylation sites is 1. The van der Waals surface area contributed by atoms with Gasteiger partial charge in [0.25, 0.3) is 5.91 Å². The Hall–Kier alpha value is -2.19. The normalized spacial score (nSPS) is 10.4. The summed E-state index contributed by atoms with van der Waals surface area (Å²) >= 11 is 0. The van der Waals surface area contributed by atoms with E-state index in [9.17, 15) is 14.9 Å². The van der Waals surface area contributed by atoms with Gasteiger partial charge in [0.2, 0.25) is 0 Å². The Morgan fingerprint density at radius 1 is 1.29 bits per heavy atom. The van der Waals surface area contributed by atoms with Crippen molar-refractivity contribution in [2.75, 3.05) is 46.3 Å². The van der Waals surface area contributed by atoms with Gasteiger partial charge in [-0.3, -0.25) is 14.9 Å². The summed E-state index contributed by atoms with van der Waals surface area (Å²) in [5, 5.41) is 11.1. The van der Waals surface area contributed by atoms with E-state index in [0.29, 0.717) is 26.3 Å². The number of carbonyl (C=O) groups is 1. The van der Waals surface area contributed by atoms with Crippen molar-refractivity contribution in [1.82, 2.24) is 4.90 Å². The quantitative estimate of drug-likeness (QED) is 0.434. The fourth-order valence-electron chi connectivity index (χ4n) is 1.83. The van der Waals surface area contributed by atoms with Crippen molar-refractivity contribution < 1.29 is 19.2 Å². The SMILES string of the molecule is COCCN(CCOC)C(=O)c1cccc(N)c1[N+](=O)[O-]. The molecule has 0 saturated heterocycles. The minimum Gasteiger partial charge on any atom is -0.393 e. The summed E-state index contributed by atoms with van der Waals surface area (Å²) in [7, 11) is 3.03. The van der Waals surface area contributed by atoms with Crippen molar-refractivity contribution in [3.05, 3.63) is 33.9 Å². The van der Waals surface area contributed by atoms with Gasteiger partial charge in [-0.25, -0.2) is 0 Å². The molecule has 1 aromatic carbocycles. The second kappa shape index (κ2) is 8.18. The molecular weight excluding hydrogens is 278 g/mol. The van der Waals surface area contributed by atoms with Crippen LogP contribution in [0.3, 0.4) is 0 Å². The van der Waals surface area contributed by atoms with Gasteiger partial charge >= 0.3 is 5.69 Å². The highest BCUT2D eigenvalue weighted by Gasteiger charge is 2.26. The first kappa shape index (κ1) is 16.9. The summed E-state index contributed by atoms with van der Waals surface area (Å²) < 4.78 is 9.89. The Labute approximate surface area is 122 Å². The van der Waals surface area contributed by atoms with E-state index < -0.39 is 10.8 Å². The summed E-state index contributed by atoms with van der Waals surface area (Å²) in [6.07, 6.45) is 0. The van der Waals surface area contributed by atoms with Crippen molar-refractivity contribution in [2.24, 2.45) is 0 Å². The fourth-order valence-corrected chi connectivity index (χ4v) is 1.83. The smallest absolute Gasteiger partial charge is 0.304 e. The average molecular weight is 297 g/mol. The third kappa shape index (κ3) is 4.40. The van der Waals surface area contributed by atoms with Crippen LogP contribution in [-0.2, 0) is 9.47 Å². The zero-order chi connectivity index (χ0) is 15.8. The third-order valence-corrected chi connectivity index (χ3v) is 2.90. The van der Waals surface area contributed by atoms with Crippen molar-refractivity contribution in [1.29, 1.82) is 0 Å².